The number of para-hydroxylation sites is 1. The molecule has 0 aliphatic rings. The van der Waals surface area contributed by atoms with E-state index in [0.29, 0.717) is 0 Å². The molecule has 0 aliphatic carbocycles. The number of benzene rings is 2. The highest BCUT2D eigenvalue weighted by Crippen LogP contribution is 2.33. The van der Waals surface area contributed by atoms with E-state index in [1.165, 1.54) is 3.57 Å². The summed E-state index contributed by atoms with van der Waals surface area (Å²) in [7, 11) is 1.95. The Labute approximate surface area is 145 Å². The molecule has 21 heavy (non-hydrogen) atoms. The lowest BCUT2D eigenvalue weighted by Crippen LogP contribution is -2.20. The summed E-state index contributed by atoms with van der Waals surface area (Å²) in [6, 6.07) is 14.1. The minimum Gasteiger partial charge on any atom is -0.491 e. The molecule has 4 heteroatoms. The SMILES string of the molecule is CNC(c1cc(Cl)ccc1I)c1ccccc1OC(C)C. The van der Waals surface area contributed by atoms with Crippen molar-refractivity contribution in [3.8, 4) is 5.75 Å². The standard InChI is InChI=1S/C17H19ClINO/c1-11(2)21-16-7-5-4-6-13(16)17(20-3)14-10-12(18)8-9-15(14)19/h4-11,17,20H,1-3H3. The first-order chi connectivity index (χ1) is 10.0. The van der Waals surface area contributed by atoms with Crippen molar-refractivity contribution in [2.75, 3.05) is 7.05 Å². The van der Waals surface area contributed by atoms with Crippen LogP contribution in [-0.2, 0) is 0 Å². The zero-order chi connectivity index (χ0) is 15.4. The van der Waals surface area contributed by atoms with Crippen LogP contribution in [0, 0.1) is 3.57 Å². The van der Waals surface area contributed by atoms with Crippen molar-refractivity contribution in [3.05, 3.63) is 62.2 Å². The van der Waals surface area contributed by atoms with Gasteiger partial charge >= 0.3 is 0 Å². The molecule has 2 nitrogen and oxygen atoms in total. The number of hydrogen-bond donors (Lipinski definition) is 1. The predicted molar refractivity (Wildman–Crippen MR) is 97.3 cm³/mol. The summed E-state index contributed by atoms with van der Waals surface area (Å²) in [5, 5.41) is 4.12. The van der Waals surface area contributed by atoms with Crippen molar-refractivity contribution in [3.63, 3.8) is 0 Å². The maximum absolute atomic E-state index is 6.17. The van der Waals surface area contributed by atoms with E-state index in [1.54, 1.807) is 0 Å². The molecule has 0 heterocycles. The molecule has 0 spiro atoms. The lowest BCUT2D eigenvalue weighted by Gasteiger charge is -2.23. The van der Waals surface area contributed by atoms with Gasteiger partial charge in [-0.15, -0.1) is 0 Å². The van der Waals surface area contributed by atoms with Crippen LogP contribution >= 0.6 is 34.2 Å². The van der Waals surface area contributed by atoms with Crippen molar-refractivity contribution in [1.82, 2.24) is 5.32 Å². The van der Waals surface area contributed by atoms with Gasteiger partial charge in [0, 0.05) is 14.2 Å². The molecule has 0 fully saturated rings. The molecule has 112 valence electrons. The van der Waals surface area contributed by atoms with Crippen molar-refractivity contribution in [1.29, 1.82) is 0 Å². The number of halogens is 2. The highest BCUT2D eigenvalue weighted by Gasteiger charge is 2.19. The van der Waals surface area contributed by atoms with Crippen LogP contribution in [0.25, 0.3) is 0 Å². The molecular formula is C17H19ClINO. The van der Waals surface area contributed by atoms with Crippen molar-refractivity contribution < 1.29 is 4.74 Å². The van der Waals surface area contributed by atoms with Gasteiger partial charge < -0.3 is 10.1 Å². The highest BCUT2D eigenvalue weighted by molar-refractivity contribution is 14.1. The maximum Gasteiger partial charge on any atom is 0.124 e. The Kier molecular flexibility index (Phi) is 5.90. The molecule has 0 amide bonds. The van der Waals surface area contributed by atoms with Crippen LogP contribution in [-0.4, -0.2) is 13.2 Å². The monoisotopic (exact) mass is 415 g/mol. The number of rotatable bonds is 5. The summed E-state index contributed by atoms with van der Waals surface area (Å²) in [5.41, 5.74) is 2.28. The molecule has 0 aromatic heterocycles. The van der Waals surface area contributed by atoms with Gasteiger partial charge in [0.05, 0.1) is 12.1 Å². The van der Waals surface area contributed by atoms with E-state index in [-0.39, 0.29) is 12.1 Å². The molecule has 0 saturated heterocycles. The van der Waals surface area contributed by atoms with Gasteiger partial charge in [-0.3, -0.25) is 0 Å². The summed E-state index contributed by atoms with van der Waals surface area (Å²) in [4.78, 5) is 0. The summed E-state index contributed by atoms with van der Waals surface area (Å²) in [6.07, 6.45) is 0.141. The second-order valence-electron chi connectivity index (χ2n) is 5.09. The molecule has 0 saturated carbocycles. The third-order valence-electron chi connectivity index (χ3n) is 3.15. The van der Waals surface area contributed by atoms with E-state index >= 15 is 0 Å². The van der Waals surface area contributed by atoms with Crippen LogP contribution in [0.3, 0.4) is 0 Å². The Morgan fingerprint density at radius 3 is 2.48 bits per heavy atom. The summed E-state index contributed by atoms with van der Waals surface area (Å²) >= 11 is 8.51. The molecule has 2 rings (SSSR count). The fraction of sp³-hybridized carbons (Fsp3) is 0.294. The average Bonchev–Trinajstić information content (AvgIpc) is 2.44. The summed E-state index contributed by atoms with van der Waals surface area (Å²) in [5.74, 6) is 0.905. The first kappa shape index (κ1) is 16.6. The Bertz CT molecular complexity index is 615. The Morgan fingerprint density at radius 2 is 1.81 bits per heavy atom. The summed E-state index contributed by atoms with van der Waals surface area (Å²) in [6.45, 7) is 4.07. The van der Waals surface area contributed by atoms with E-state index in [0.717, 1.165) is 21.9 Å². The lowest BCUT2D eigenvalue weighted by atomic mass is 9.98. The van der Waals surface area contributed by atoms with E-state index in [4.69, 9.17) is 16.3 Å². The third kappa shape index (κ3) is 4.11. The molecule has 0 bridgehead atoms. The number of ether oxygens (including phenoxy) is 1. The van der Waals surface area contributed by atoms with Crippen molar-refractivity contribution >= 4 is 34.2 Å². The molecule has 0 aliphatic heterocycles. The topological polar surface area (TPSA) is 21.3 Å². The van der Waals surface area contributed by atoms with Gasteiger partial charge in [0.1, 0.15) is 5.75 Å². The number of hydrogen-bond acceptors (Lipinski definition) is 2. The van der Waals surface area contributed by atoms with Gasteiger partial charge in [-0.2, -0.15) is 0 Å². The quantitative estimate of drug-likeness (QED) is 0.691. The predicted octanol–water partition coefficient (Wildman–Crippen LogP) is 5.04. The molecule has 2 aromatic carbocycles. The molecule has 0 radical (unpaired) electrons. The normalized spacial score (nSPS) is 12.5. The minimum absolute atomic E-state index is 0.0468. The Morgan fingerprint density at radius 1 is 1.10 bits per heavy atom. The van der Waals surface area contributed by atoms with Crippen LogP contribution < -0.4 is 10.1 Å². The first-order valence-corrected chi connectivity index (χ1v) is 8.36. The Balaban J connectivity index is 2.49. The average molecular weight is 416 g/mol. The number of nitrogens with one attached hydrogen (secondary N) is 1. The van der Waals surface area contributed by atoms with E-state index < -0.39 is 0 Å². The first-order valence-electron chi connectivity index (χ1n) is 6.90. The van der Waals surface area contributed by atoms with Gasteiger partial charge in [-0.05, 0) is 73.3 Å². The molecule has 1 atom stereocenters. The van der Waals surface area contributed by atoms with Gasteiger partial charge in [-0.1, -0.05) is 29.8 Å². The van der Waals surface area contributed by atoms with Gasteiger partial charge in [0.2, 0.25) is 0 Å². The van der Waals surface area contributed by atoms with Gasteiger partial charge in [0.25, 0.3) is 0 Å². The minimum atomic E-state index is 0.0468. The van der Waals surface area contributed by atoms with Crippen LogP contribution in [0.5, 0.6) is 5.75 Å². The van der Waals surface area contributed by atoms with Crippen LogP contribution in [0.15, 0.2) is 42.5 Å². The molecule has 2 aromatic rings. The van der Waals surface area contributed by atoms with Crippen molar-refractivity contribution in [2.45, 2.75) is 26.0 Å². The molecular weight excluding hydrogens is 397 g/mol. The third-order valence-corrected chi connectivity index (χ3v) is 4.37. The fourth-order valence-corrected chi connectivity index (χ4v) is 3.12. The zero-order valence-corrected chi connectivity index (χ0v) is 15.3. The fourth-order valence-electron chi connectivity index (χ4n) is 2.29. The maximum atomic E-state index is 6.17. The van der Waals surface area contributed by atoms with Gasteiger partial charge in [0.15, 0.2) is 0 Å². The van der Waals surface area contributed by atoms with Gasteiger partial charge in [-0.25, -0.2) is 0 Å². The van der Waals surface area contributed by atoms with Crippen LogP contribution in [0.1, 0.15) is 31.0 Å². The summed E-state index contributed by atoms with van der Waals surface area (Å²) < 4.78 is 7.12. The largest absolute Gasteiger partial charge is 0.491 e. The van der Waals surface area contributed by atoms with E-state index in [2.05, 4.69) is 34.0 Å². The Hall–Kier alpha value is -0.780. The lowest BCUT2D eigenvalue weighted by molar-refractivity contribution is 0.238. The smallest absolute Gasteiger partial charge is 0.124 e. The molecule has 1 N–H and O–H groups in total. The van der Waals surface area contributed by atoms with E-state index in [9.17, 15) is 0 Å². The van der Waals surface area contributed by atoms with Crippen LogP contribution in [0.4, 0.5) is 0 Å². The van der Waals surface area contributed by atoms with Crippen LogP contribution in [0.2, 0.25) is 5.02 Å². The second kappa shape index (κ2) is 7.47. The van der Waals surface area contributed by atoms with E-state index in [1.807, 2.05) is 57.3 Å². The second-order valence-corrected chi connectivity index (χ2v) is 6.69. The zero-order valence-electron chi connectivity index (χ0n) is 12.4. The highest BCUT2D eigenvalue weighted by atomic mass is 127. The molecule has 1 unspecified atom stereocenters. The van der Waals surface area contributed by atoms with Crippen molar-refractivity contribution in [2.24, 2.45) is 0 Å².